The molecule has 0 bridgehead atoms. The molecule has 0 aliphatic heterocycles. The van der Waals surface area contributed by atoms with Crippen LogP contribution in [0.5, 0.6) is 0 Å². The predicted molar refractivity (Wildman–Crippen MR) is 70.0 cm³/mol. The van der Waals surface area contributed by atoms with Crippen molar-refractivity contribution in [2.45, 2.75) is 40.0 Å². The average molecular weight is 303 g/mol. The molecule has 1 heterocycles. The lowest BCUT2D eigenvalue weighted by Gasteiger charge is -2.24. The number of aliphatic carboxylic acids is 1. The molecule has 1 atom stereocenters. The molecule has 0 radical (unpaired) electrons. The highest BCUT2D eigenvalue weighted by Gasteiger charge is 2.34. The van der Waals surface area contributed by atoms with Crippen LogP contribution < -0.4 is 0 Å². The van der Waals surface area contributed by atoms with E-state index in [1.165, 1.54) is 0 Å². The van der Waals surface area contributed by atoms with Crippen LogP contribution in [0, 0.1) is 12.3 Å². The van der Waals surface area contributed by atoms with E-state index in [-0.39, 0.29) is 0 Å². The molecule has 1 N–H and O–H groups in total. The van der Waals surface area contributed by atoms with Crippen molar-refractivity contribution in [1.29, 1.82) is 0 Å². The molecule has 17 heavy (non-hydrogen) atoms. The number of hydrogen-bond donors (Lipinski definition) is 1. The topological polar surface area (TPSA) is 55.1 Å². The quantitative estimate of drug-likeness (QED) is 0.910. The zero-order chi connectivity index (χ0) is 13.2. The highest BCUT2D eigenvalue weighted by Crippen LogP contribution is 2.32. The number of carboxylic acids is 1. The Hall–Kier alpha value is -0.840. The van der Waals surface area contributed by atoms with Gasteiger partial charge in [-0.25, -0.2) is 0 Å². The van der Waals surface area contributed by atoms with Crippen molar-refractivity contribution >= 4 is 21.9 Å². The van der Waals surface area contributed by atoms with Crippen molar-refractivity contribution in [3.63, 3.8) is 0 Å². The summed E-state index contributed by atoms with van der Waals surface area (Å²) >= 11 is 3.48. The number of rotatable bonds is 5. The van der Waals surface area contributed by atoms with Crippen LogP contribution in [0.25, 0.3) is 0 Å². The van der Waals surface area contributed by atoms with Crippen LogP contribution in [0.15, 0.2) is 4.47 Å². The van der Waals surface area contributed by atoms with Crippen LogP contribution in [-0.2, 0) is 18.3 Å². The summed E-state index contributed by atoms with van der Waals surface area (Å²) in [4.78, 5) is 11.4. The smallest absolute Gasteiger partial charge is 0.309 e. The first-order valence-electron chi connectivity index (χ1n) is 5.73. The Labute approximate surface area is 110 Å². The van der Waals surface area contributed by atoms with Gasteiger partial charge in [0.2, 0.25) is 0 Å². The predicted octanol–water partition coefficient (Wildman–Crippen LogP) is 2.92. The molecule has 1 rings (SSSR count). The second-order valence-electron chi connectivity index (χ2n) is 4.76. The summed E-state index contributed by atoms with van der Waals surface area (Å²) < 4.78 is 2.68. The molecule has 0 fully saturated rings. The van der Waals surface area contributed by atoms with Crippen molar-refractivity contribution in [3.05, 3.63) is 15.9 Å². The lowest BCUT2D eigenvalue weighted by Crippen LogP contribution is -2.30. The van der Waals surface area contributed by atoms with Crippen molar-refractivity contribution in [2.24, 2.45) is 12.5 Å². The van der Waals surface area contributed by atoms with E-state index in [9.17, 15) is 9.90 Å². The van der Waals surface area contributed by atoms with Gasteiger partial charge >= 0.3 is 5.97 Å². The van der Waals surface area contributed by atoms with Gasteiger partial charge < -0.3 is 5.11 Å². The Morgan fingerprint density at radius 1 is 1.59 bits per heavy atom. The first kappa shape index (κ1) is 14.2. The maximum absolute atomic E-state index is 11.4. The first-order chi connectivity index (χ1) is 7.81. The van der Waals surface area contributed by atoms with Crippen molar-refractivity contribution < 1.29 is 9.90 Å². The average Bonchev–Trinajstić information content (AvgIpc) is 2.45. The van der Waals surface area contributed by atoms with E-state index in [0.29, 0.717) is 12.8 Å². The standard InChI is InChI=1S/C12H19BrN2O2/c1-5-6-12(3,11(16)17)7-9-10(13)8(2)14-15(9)4/h5-7H2,1-4H3,(H,16,17). The van der Waals surface area contributed by atoms with Gasteiger partial charge in [0.15, 0.2) is 0 Å². The maximum atomic E-state index is 11.4. The van der Waals surface area contributed by atoms with Crippen LogP contribution in [0.1, 0.15) is 38.1 Å². The molecule has 5 heteroatoms. The summed E-state index contributed by atoms with van der Waals surface area (Å²) in [6.45, 7) is 5.71. The summed E-state index contributed by atoms with van der Waals surface area (Å²) in [5.74, 6) is -0.745. The second-order valence-corrected chi connectivity index (χ2v) is 5.56. The van der Waals surface area contributed by atoms with E-state index >= 15 is 0 Å². The third kappa shape index (κ3) is 2.89. The fraction of sp³-hybridized carbons (Fsp3) is 0.667. The minimum Gasteiger partial charge on any atom is -0.481 e. The maximum Gasteiger partial charge on any atom is 0.309 e. The van der Waals surface area contributed by atoms with Crippen LogP contribution in [0.3, 0.4) is 0 Å². The number of aromatic nitrogens is 2. The van der Waals surface area contributed by atoms with Crippen molar-refractivity contribution in [1.82, 2.24) is 9.78 Å². The SMILES string of the molecule is CCCC(C)(Cc1c(Br)c(C)nn1C)C(=O)O. The Morgan fingerprint density at radius 2 is 2.18 bits per heavy atom. The van der Waals surface area contributed by atoms with Gasteiger partial charge in [0.25, 0.3) is 0 Å². The molecule has 1 unspecified atom stereocenters. The Kier molecular flexibility index (Phi) is 4.36. The normalized spacial score (nSPS) is 14.6. The van der Waals surface area contributed by atoms with Gasteiger partial charge in [0.05, 0.1) is 21.3 Å². The monoisotopic (exact) mass is 302 g/mol. The fourth-order valence-electron chi connectivity index (χ4n) is 2.06. The molecule has 0 aromatic carbocycles. The third-order valence-corrected chi connectivity index (χ3v) is 4.17. The van der Waals surface area contributed by atoms with Gasteiger partial charge in [0, 0.05) is 13.5 Å². The molecular formula is C12H19BrN2O2. The molecule has 0 saturated carbocycles. The zero-order valence-electron chi connectivity index (χ0n) is 10.7. The molecule has 4 nitrogen and oxygen atoms in total. The van der Waals surface area contributed by atoms with Crippen LogP contribution in [-0.4, -0.2) is 20.9 Å². The number of halogens is 1. The molecular weight excluding hydrogens is 284 g/mol. The molecule has 0 amide bonds. The largest absolute Gasteiger partial charge is 0.481 e. The summed E-state index contributed by atoms with van der Waals surface area (Å²) in [5, 5.41) is 13.7. The molecule has 0 aliphatic carbocycles. The van der Waals surface area contributed by atoms with E-state index in [0.717, 1.165) is 22.3 Å². The Morgan fingerprint density at radius 3 is 2.53 bits per heavy atom. The van der Waals surface area contributed by atoms with Gasteiger partial charge in [-0.15, -0.1) is 0 Å². The van der Waals surface area contributed by atoms with Gasteiger partial charge in [0.1, 0.15) is 0 Å². The lowest BCUT2D eigenvalue weighted by molar-refractivity contribution is -0.148. The second kappa shape index (κ2) is 5.21. The summed E-state index contributed by atoms with van der Waals surface area (Å²) in [5.41, 5.74) is 1.12. The third-order valence-electron chi connectivity index (χ3n) is 3.14. The van der Waals surface area contributed by atoms with Crippen molar-refractivity contribution in [2.75, 3.05) is 0 Å². The molecule has 0 saturated heterocycles. The van der Waals surface area contributed by atoms with E-state index in [4.69, 9.17) is 0 Å². The number of carboxylic acid groups (broad SMARTS) is 1. The lowest BCUT2D eigenvalue weighted by atomic mass is 9.81. The van der Waals surface area contributed by atoms with E-state index in [1.807, 2.05) is 20.9 Å². The highest BCUT2D eigenvalue weighted by molar-refractivity contribution is 9.10. The Balaban J connectivity index is 3.06. The minimum absolute atomic E-state index is 0.494. The molecule has 1 aromatic rings. The minimum atomic E-state index is -0.745. The number of aryl methyl sites for hydroxylation is 2. The molecule has 0 spiro atoms. The van der Waals surface area contributed by atoms with E-state index in [2.05, 4.69) is 21.0 Å². The van der Waals surface area contributed by atoms with Crippen molar-refractivity contribution in [3.8, 4) is 0 Å². The van der Waals surface area contributed by atoms with Gasteiger partial charge in [-0.05, 0) is 36.2 Å². The molecule has 1 aromatic heterocycles. The molecule has 0 aliphatic rings. The molecule has 96 valence electrons. The number of carbonyl (C=O) groups is 1. The van der Waals surface area contributed by atoms with Gasteiger partial charge in [-0.3, -0.25) is 9.48 Å². The summed E-state index contributed by atoms with van der Waals surface area (Å²) in [6, 6.07) is 0. The van der Waals surface area contributed by atoms with Gasteiger partial charge in [-0.2, -0.15) is 5.10 Å². The van der Waals surface area contributed by atoms with Crippen LogP contribution in [0.4, 0.5) is 0 Å². The van der Waals surface area contributed by atoms with Crippen LogP contribution >= 0.6 is 15.9 Å². The van der Waals surface area contributed by atoms with Gasteiger partial charge in [-0.1, -0.05) is 13.3 Å². The highest BCUT2D eigenvalue weighted by atomic mass is 79.9. The summed E-state index contributed by atoms with van der Waals surface area (Å²) in [7, 11) is 1.85. The van der Waals surface area contributed by atoms with Crippen LogP contribution in [0.2, 0.25) is 0 Å². The van der Waals surface area contributed by atoms with E-state index < -0.39 is 11.4 Å². The Bertz CT molecular complexity index is 428. The number of hydrogen-bond acceptors (Lipinski definition) is 2. The zero-order valence-corrected chi connectivity index (χ0v) is 12.3. The summed E-state index contributed by atoms with van der Waals surface area (Å²) in [6.07, 6.45) is 2.02. The first-order valence-corrected chi connectivity index (χ1v) is 6.52. The fourth-order valence-corrected chi connectivity index (χ4v) is 2.54. The number of nitrogens with zero attached hydrogens (tertiary/aromatic N) is 2. The van der Waals surface area contributed by atoms with E-state index in [1.54, 1.807) is 11.6 Å².